The van der Waals surface area contributed by atoms with E-state index in [2.05, 4.69) is 4.74 Å². The van der Waals surface area contributed by atoms with Crippen LogP contribution in [0.5, 0.6) is 5.75 Å². The highest BCUT2D eigenvalue weighted by Crippen LogP contribution is 2.36. The van der Waals surface area contributed by atoms with E-state index in [0.717, 1.165) is 12.1 Å². The fourth-order valence-corrected chi connectivity index (χ4v) is 1.48. The zero-order valence-corrected chi connectivity index (χ0v) is 13.3. The van der Waals surface area contributed by atoms with Gasteiger partial charge in [0.1, 0.15) is 22.9 Å². The van der Waals surface area contributed by atoms with Gasteiger partial charge in [0.05, 0.1) is 0 Å². The van der Waals surface area contributed by atoms with E-state index in [1.165, 1.54) is 32.9 Å². The van der Waals surface area contributed by atoms with Crippen LogP contribution >= 0.6 is 0 Å². The van der Waals surface area contributed by atoms with Gasteiger partial charge in [-0.05, 0) is 32.9 Å². The molecule has 0 fully saturated rings. The van der Waals surface area contributed by atoms with Crippen LogP contribution in [0.3, 0.4) is 0 Å². The summed E-state index contributed by atoms with van der Waals surface area (Å²) >= 11 is 0. The lowest BCUT2D eigenvalue weighted by Gasteiger charge is -2.25. The topological polar surface area (TPSA) is 92.7 Å². The van der Waals surface area contributed by atoms with E-state index in [9.17, 15) is 37.1 Å². The van der Waals surface area contributed by atoms with Crippen molar-refractivity contribution in [2.75, 3.05) is 0 Å². The Morgan fingerprint density at radius 2 is 1.48 bits per heavy atom. The zero-order valence-electron chi connectivity index (χ0n) is 13.3. The smallest absolute Gasteiger partial charge is 0.410 e. The Kier molecular flexibility index (Phi) is 5.46. The fourth-order valence-electron chi connectivity index (χ4n) is 1.48. The minimum absolute atomic E-state index is 0.488. The highest BCUT2D eigenvalue weighted by Gasteiger charge is 2.64. The average Bonchev–Trinajstić information content (AvgIpc) is 2.45. The highest BCUT2D eigenvalue weighted by molar-refractivity contribution is 5.95. The number of carbonyl (C=O) groups excluding carboxylic acids is 3. The van der Waals surface area contributed by atoms with Gasteiger partial charge in [-0.1, -0.05) is 12.1 Å². The summed E-state index contributed by atoms with van der Waals surface area (Å²) in [5.74, 6) is -19.7. The van der Waals surface area contributed by atoms with E-state index in [0.29, 0.717) is 0 Å². The zero-order chi connectivity index (χ0) is 19.6. The molecule has 0 saturated carbocycles. The maximum atomic E-state index is 13.4. The van der Waals surface area contributed by atoms with Crippen molar-refractivity contribution >= 4 is 17.9 Å². The van der Waals surface area contributed by atoms with Crippen molar-refractivity contribution in [3.63, 3.8) is 0 Å². The first-order chi connectivity index (χ1) is 11.2. The van der Waals surface area contributed by atoms with Gasteiger partial charge in [-0.15, -0.1) is 0 Å². The molecule has 0 aliphatic carbocycles. The number of hydrogen-bond donors (Lipinski definition) is 0. The van der Waals surface area contributed by atoms with Crippen LogP contribution in [0.15, 0.2) is 24.3 Å². The molecular weight excluding hydrogens is 352 g/mol. The minimum Gasteiger partial charge on any atom is -0.544 e. The van der Waals surface area contributed by atoms with Crippen LogP contribution in [0.2, 0.25) is 0 Å². The summed E-state index contributed by atoms with van der Waals surface area (Å²) in [7, 11) is 0. The van der Waals surface area contributed by atoms with E-state index in [4.69, 9.17) is 4.74 Å². The van der Waals surface area contributed by atoms with Crippen LogP contribution in [0, 0.1) is 0 Å². The number of ether oxygens (including phenoxy) is 2. The van der Waals surface area contributed by atoms with E-state index in [-0.39, 0.29) is 0 Å². The molecule has 0 radical (unpaired) electrons. The van der Waals surface area contributed by atoms with Crippen LogP contribution in [-0.4, -0.2) is 35.4 Å². The Morgan fingerprint density at radius 3 is 1.96 bits per heavy atom. The monoisotopic (exact) mass is 365 g/mol. The molecule has 0 amide bonds. The third-order valence-electron chi connectivity index (χ3n) is 2.62. The van der Waals surface area contributed by atoms with Gasteiger partial charge in [-0.25, -0.2) is 9.59 Å². The Balaban J connectivity index is 3.14. The van der Waals surface area contributed by atoms with Crippen molar-refractivity contribution in [2.45, 2.75) is 38.2 Å². The molecule has 1 rings (SSSR count). The summed E-state index contributed by atoms with van der Waals surface area (Å²) in [6, 6.07) is 4.38. The molecule has 0 saturated heterocycles. The van der Waals surface area contributed by atoms with Gasteiger partial charge in [0.25, 0.3) is 0 Å². The molecular formula is C15H13F4O6-. The summed E-state index contributed by atoms with van der Waals surface area (Å²) in [4.78, 5) is 33.4. The number of para-hydroxylation sites is 1. The molecule has 0 unspecified atom stereocenters. The molecule has 0 atom stereocenters. The quantitative estimate of drug-likeness (QED) is 0.447. The molecule has 0 aliphatic heterocycles. The molecule has 0 aliphatic rings. The second-order valence-corrected chi connectivity index (χ2v) is 5.82. The molecule has 0 aromatic heterocycles. The van der Waals surface area contributed by atoms with Crippen LogP contribution in [0.1, 0.15) is 31.1 Å². The van der Waals surface area contributed by atoms with E-state index >= 15 is 0 Å². The molecule has 0 heterocycles. The van der Waals surface area contributed by atoms with Gasteiger partial charge in [0.15, 0.2) is 0 Å². The number of benzene rings is 1. The number of hydrogen-bond acceptors (Lipinski definition) is 6. The fraction of sp³-hybridized carbons (Fsp3) is 0.400. The molecule has 0 bridgehead atoms. The van der Waals surface area contributed by atoms with Gasteiger partial charge in [-0.2, -0.15) is 17.6 Å². The van der Waals surface area contributed by atoms with Crippen LogP contribution in [0.4, 0.5) is 17.6 Å². The SMILES string of the molecule is CC(C)(C)OC(=O)c1ccccc1OC(=O)C(F)(F)C(F)(F)C(=O)[O-]. The van der Waals surface area contributed by atoms with Crippen molar-refractivity contribution in [3.8, 4) is 5.75 Å². The Bertz CT molecular complexity index is 694. The lowest BCUT2D eigenvalue weighted by Crippen LogP contribution is -2.58. The molecule has 138 valence electrons. The van der Waals surface area contributed by atoms with E-state index < -0.39 is 46.7 Å². The predicted octanol–water partition coefficient (Wildman–Crippen LogP) is 1.57. The van der Waals surface area contributed by atoms with Crippen LogP contribution in [0.25, 0.3) is 0 Å². The predicted molar refractivity (Wildman–Crippen MR) is 72.1 cm³/mol. The third-order valence-corrected chi connectivity index (χ3v) is 2.62. The van der Waals surface area contributed by atoms with Crippen molar-refractivity contribution in [3.05, 3.63) is 29.8 Å². The van der Waals surface area contributed by atoms with Crippen molar-refractivity contribution < 1.29 is 46.5 Å². The molecule has 0 N–H and O–H groups in total. The Labute approximate surface area is 139 Å². The lowest BCUT2D eigenvalue weighted by atomic mass is 10.1. The molecule has 10 heteroatoms. The second-order valence-electron chi connectivity index (χ2n) is 5.82. The largest absolute Gasteiger partial charge is 0.544 e. The molecule has 25 heavy (non-hydrogen) atoms. The number of carbonyl (C=O) groups is 3. The highest BCUT2D eigenvalue weighted by atomic mass is 19.3. The molecule has 6 nitrogen and oxygen atoms in total. The Morgan fingerprint density at radius 1 is 0.960 bits per heavy atom. The van der Waals surface area contributed by atoms with Gasteiger partial charge in [0.2, 0.25) is 0 Å². The van der Waals surface area contributed by atoms with Gasteiger partial charge in [-0.3, -0.25) is 0 Å². The number of aliphatic carboxylic acids is 1. The number of halogens is 4. The van der Waals surface area contributed by atoms with E-state index in [1.54, 1.807) is 0 Å². The van der Waals surface area contributed by atoms with Crippen molar-refractivity contribution in [2.24, 2.45) is 0 Å². The summed E-state index contributed by atoms with van der Waals surface area (Å²) < 4.78 is 61.7. The summed E-state index contributed by atoms with van der Waals surface area (Å²) in [5, 5.41) is 10.1. The molecule has 1 aromatic carbocycles. The minimum atomic E-state index is -5.80. The number of alkyl halides is 4. The van der Waals surface area contributed by atoms with Crippen molar-refractivity contribution in [1.82, 2.24) is 0 Å². The Hall–Kier alpha value is -2.65. The first-order valence-corrected chi connectivity index (χ1v) is 6.72. The number of carboxylic acids is 1. The number of esters is 2. The maximum Gasteiger partial charge on any atom is 0.410 e. The summed E-state index contributed by atoms with van der Waals surface area (Å²) in [6.07, 6.45) is 0. The first kappa shape index (κ1) is 20.4. The van der Waals surface area contributed by atoms with Gasteiger partial charge in [0, 0.05) is 0 Å². The van der Waals surface area contributed by atoms with Crippen LogP contribution < -0.4 is 9.84 Å². The average molecular weight is 365 g/mol. The number of rotatable bonds is 5. The second kappa shape index (κ2) is 6.69. The summed E-state index contributed by atoms with van der Waals surface area (Å²) in [6.45, 7) is 4.52. The van der Waals surface area contributed by atoms with Gasteiger partial charge >= 0.3 is 23.8 Å². The van der Waals surface area contributed by atoms with Crippen LogP contribution in [-0.2, 0) is 14.3 Å². The maximum absolute atomic E-state index is 13.4. The van der Waals surface area contributed by atoms with E-state index in [1.807, 2.05) is 0 Å². The normalized spacial score (nSPS) is 12.4. The third kappa shape index (κ3) is 4.46. The molecule has 1 aromatic rings. The van der Waals surface area contributed by atoms with Gasteiger partial charge < -0.3 is 19.4 Å². The lowest BCUT2D eigenvalue weighted by molar-refractivity contribution is -0.346. The van der Waals surface area contributed by atoms with Crippen molar-refractivity contribution in [1.29, 1.82) is 0 Å². The first-order valence-electron chi connectivity index (χ1n) is 6.72. The standard InChI is InChI=1S/C15H14F4O6/c1-13(2,3)25-10(20)8-6-4-5-7-9(8)24-12(23)15(18,19)14(16,17)11(21)22/h4-7H,1-3H3,(H,21,22)/p-1. The number of carboxylic acid groups (broad SMARTS) is 1. The summed E-state index contributed by atoms with van der Waals surface area (Å²) in [5.41, 5.74) is -1.46. The molecule has 0 spiro atoms.